The monoisotopic (exact) mass is 526 g/mol. The normalized spacial score (nSPS) is 23.5. The molecule has 0 aliphatic heterocycles. The minimum Gasteiger partial charge on any atom is -0.501 e. The lowest BCUT2D eigenvalue weighted by atomic mass is 9.91. The van der Waals surface area contributed by atoms with Gasteiger partial charge in [-0.25, -0.2) is 8.42 Å². The summed E-state index contributed by atoms with van der Waals surface area (Å²) in [5.74, 6) is 0.400. The molecule has 1 heterocycles. The SMILES string of the molecule is COC1=CC(c2nnc(NC(=O)C3=CCC(C)(S(=O)(=O)N(C)c4ccccc4)C=C3)o2)=CC(C)(OC)C1. The fourth-order valence-electron chi connectivity index (χ4n) is 4.10. The van der Waals surface area contributed by atoms with Gasteiger partial charge in [-0.15, -0.1) is 5.10 Å². The number of hydrogen-bond acceptors (Lipinski definition) is 8. The Morgan fingerprint density at radius 3 is 2.51 bits per heavy atom. The number of ether oxygens (including phenoxy) is 2. The van der Waals surface area contributed by atoms with Crippen LogP contribution in [0.25, 0.3) is 5.57 Å². The number of sulfonamides is 1. The van der Waals surface area contributed by atoms with Crippen molar-refractivity contribution in [3.63, 3.8) is 0 Å². The summed E-state index contributed by atoms with van der Waals surface area (Å²) < 4.78 is 43.3. The number of anilines is 2. The molecule has 10 nitrogen and oxygen atoms in total. The van der Waals surface area contributed by atoms with Crippen molar-refractivity contribution in [1.82, 2.24) is 10.2 Å². The van der Waals surface area contributed by atoms with Gasteiger partial charge in [-0.2, -0.15) is 0 Å². The smallest absolute Gasteiger partial charge is 0.322 e. The summed E-state index contributed by atoms with van der Waals surface area (Å²) in [5, 5.41) is 10.5. The highest BCUT2D eigenvalue weighted by atomic mass is 32.2. The number of rotatable bonds is 8. The van der Waals surface area contributed by atoms with Crippen LogP contribution in [0.2, 0.25) is 0 Å². The molecule has 1 aromatic heterocycles. The molecule has 2 aliphatic carbocycles. The van der Waals surface area contributed by atoms with Gasteiger partial charge in [0.25, 0.3) is 5.91 Å². The van der Waals surface area contributed by atoms with Crippen molar-refractivity contribution in [2.24, 2.45) is 0 Å². The maximum Gasteiger partial charge on any atom is 0.322 e. The molecule has 0 saturated carbocycles. The zero-order chi connectivity index (χ0) is 26.8. The largest absolute Gasteiger partial charge is 0.501 e. The van der Waals surface area contributed by atoms with E-state index in [1.54, 1.807) is 57.6 Å². The van der Waals surface area contributed by atoms with Crippen molar-refractivity contribution < 1.29 is 27.1 Å². The fraction of sp³-hybridized carbons (Fsp3) is 0.346. The number of amides is 1. The van der Waals surface area contributed by atoms with Gasteiger partial charge in [0, 0.05) is 31.7 Å². The maximum atomic E-state index is 13.3. The van der Waals surface area contributed by atoms with Gasteiger partial charge in [0.1, 0.15) is 4.75 Å². The van der Waals surface area contributed by atoms with Crippen LogP contribution in [-0.2, 0) is 24.3 Å². The predicted molar refractivity (Wildman–Crippen MR) is 140 cm³/mol. The molecule has 4 rings (SSSR count). The first-order valence-corrected chi connectivity index (χ1v) is 13.0. The lowest BCUT2D eigenvalue weighted by Crippen LogP contribution is -2.44. The summed E-state index contributed by atoms with van der Waals surface area (Å²) in [6.07, 6.45) is 8.92. The summed E-state index contributed by atoms with van der Waals surface area (Å²) in [4.78, 5) is 12.8. The Morgan fingerprint density at radius 1 is 1.16 bits per heavy atom. The van der Waals surface area contributed by atoms with Crippen molar-refractivity contribution in [3.05, 3.63) is 77.9 Å². The van der Waals surface area contributed by atoms with E-state index in [0.717, 1.165) is 0 Å². The molecule has 2 atom stereocenters. The van der Waals surface area contributed by atoms with Gasteiger partial charge >= 0.3 is 6.01 Å². The number of benzene rings is 1. The topological polar surface area (TPSA) is 124 Å². The van der Waals surface area contributed by atoms with Crippen molar-refractivity contribution >= 4 is 33.2 Å². The van der Waals surface area contributed by atoms with E-state index in [4.69, 9.17) is 13.9 Å². The molecule has 1 aromatic carbocycles. The first-order valence-electron chi connectivity index (χ1n) is 11.6. The third kappa shape index (κ3) is 5.23. The maximum absolute atomic E-state index is 13.3. The molecule has 0 fully saturated rings. The first-order chi connectivity index (χ1) is 17.5. The molecule has 11 heteroatoms. The number of para-hydroxylation sites is 1. The summed E-state index contributed by atoms with van der Waals surface area (Å²) in [6.45, 7) is 3.53. The molecule has 2 unspecified atom stereocenters. The molecule has 0 radical (unpaired) electrons. The number of nitrogens with zero attached hydrogens (tertiary/aromatic N) is 3. The van der Waals surface area contributed by atoms with Gasteiger partial charge in [0.2, 0.25) is 15.9 Å². The Balaban J connectivity index is 1.46. The third-order valence-corrected chi connectivity index (χ3v) is 9.01. The van der Waals surface area contributed by atoms with Crippen LogP contribution in [0.4, 0.5) is 11.7 Å². The molecule has 2 aliphatic rings. The van der Waals surface area contributed by atoms with E-state index in [9.17, 15) is 13.2 Å². The zero-order valence-electron chi connectivity index (χ0n) is 21.4. The van der Waals surface area contributed by atoms with Crippen LogP contribution < -0.4 is 9.62 Å². The average Bonchev–Trinajstić information content (AvgIpc) is 3.37. The Morgan fingerprint density at radius 2 is 1.89 bits per heavy atom. The molecule has 37 heavy (non-hydrogen) atoms. The second kappa shape index (κ2) is 9.98. The van der Waals surface area contributed by atoms with Crippen molar-refractivity contribution in [3.8, 4) is 0 Å². The van der Waals surface area contributed by atoms with Crippen molar-refractivity contribution in [1.29, 1.82) is 0 Å². The van der Waals surface area contributed by atoms with Crippen LogP contribution in [0.15, 0.2) is 76.5 Å². The standard InChI is InChI=1S/C26H30N4O6S/c1-25(35-5)16-19(15-21(17-25)34-4)23-28-29-24(36-23)27-22(31)18-11-13-26(2,14-12-18)37(32,33)30(3)20-9-7-6-8-10-20/h6-13,15-16H,14,17H2,1-5H3,(H,27,29,31). The van der Waals surface area contributed by atoms with Gasteiger partial charge in [0.15, 0.2) is 0 Å². The number of methoxy groups -OCH3 is 2. The number of nitrogens with one attached hydrogen (secondary N) is 1. The van der Waals surface area contributed by atoms with Crippen LogP contribution in [0.5, 0.6) is 0 Å². The van der Waals surface area contributed by atoms with E-state index in [1.165, 1.54) is 23.5 Å². The summed E-state index contributed by atoms with van der Waals surface area (Å²) in [6, 6.07) is 8.75. The average molecular weight is 527 g/mol. The number of hydrogen-bond donors (Lipinski definition) is 1. The Bertz CT molecular complexity index is 1410. The second-order valence-corrected chi connectivity index (χ2v) is 11.7. The number of allylic oxidation sites excluding steroid dienone is 3. The molecule has 0 spiro atoms. The predicted octanol–water partition coefficient (Wildman–Crippen LogP) is 3.84. The number of carbonyl (C=O) groups is 1. The lowest BCUT2D eigenvalue weighted by Gasteiger charge is -2.33. The summed E-state index contributed by atoms with van der Waals surface area (Å²) in [7, 11) is 0.945. The highest BCUT2D eigenvalue weighted by molar-refractivity contribution is 7.94. The van der Waals surface area contributed by atoms with Crippen LogP contribution in [-0.4, -0.2) is 56.1 Å². The van der Waals surface area contributed by atoms with E-state index < -0.39 is 26.3 Å². The molecular formula is C26H30N4O6S. The van der Waals surface area contributed by atoms with Gasteiger partial charge in [-0.1, -0.05) is 41.5 Å². The van der Waals surface area contributed by atoms with E-state index in [2.05, 4.69) is 15.5 Å². The first kappa shape index (κ1) is 26.4. The van der Waals surface area contributed by atoms with Gasteiger partial charge in [0.05, 0.1) is 24.2 Å². The number of carbonyl (C=O) groups excluding carboxylic acids is 1. The van der Waals surface area contributed by atoms with Crippen molar-refractivity contribution in [2.45, 2.75) is 37.0 Å². The third-order valence-electron chi connectivity index (χ3n) is 6.60. The summed E-state index contributed by atoms with van der Waals surface area (Å²) >= 11 is 0. The Kier molecular flexibility index (Phi) is 7.11. The van der Waals surface area contributed by atoms with Gasteiger partial charge < -0.3 is 13.9 Å². The Hall–Kier alpha value is -3.70. The molecule has 196 valence electrons. The van der Waals surface area contributed by atoms with E-state index in [1.807, 2.05) is 19.1 Å². The van der Waals surface area contributed by atoms with Gasteiger partial charge in [-0.05, 0) is 44.6 Å². The highest BCUT2D eigenvalue weighted by Crippen LogP contribution is 2.35. The molecule has 0 saturated heterocycles. The Labute approximate surface area is 216 Å². The molecule has 0 bridgehead atoms. The molecule has 2 aromatic rings. The second-order valence-electron chi connectivity index (χ2n) is 9.29. The minimum atomic E-state index is -3.75. The molecule has 1 amide bonds. The van der Waals surface area contributed by atoms with E-state index in [0.29, 0.717) is 29.0 Å². The zero-order valence-corrected chi connectivity index (χ0v) is 22.2. The van der Waals surface area contributed by atoms with Crippen LogP contribution in [0.1, 0.15) is 32.6 Å². The van der Waals surface area contributed by atoms with Crippen molar-refractivity contribution in [2.75, 3.05) is 30.9 Å². The molecule has 1 N–H and O–H groups in total. The van der Waals surface area contributed by atoms with E-state index in [-0.39, 0.29) is 18.3 Å². The summed E-state index contributed by atoms with van der Waals surface area (Å²) in [5.41, 5.74) is 0.858. The van der Waals surface area contributed by atoms with E-state index >= 15 is 0 Å². The van der Waals surface area contributed by atoms with Gasteiger partial charge in [-0.3, -0.25) is 14.4 Å². The highest BCUT2D eigenvalue weighted by Gasteiger charge is 2.41. The van der Waals surface area contributed by atoms with Crippen LogP contribution in [0.3, 0.4) is 0 Å². The fourth-order valence-corrected chi connectivity index (χ4v) is 5.66. The minimum absolute atomic E-state index is 0.0861. The van der Waals surface area contributed by atoms with Crippen LogP contribution >= 0.6 is 0 Å². The quantitative estimate of drug-likeness (QED) is 0.550. The molecular weight excluding hydrogens is 496 g/mol. The number of aromatic nitrogens is 2. The lowest BCUT2D eigenvalue weighted by molar-refractivity contribution is -0.112. The van der Waals surface area contributed by atoms with Crippen LogP contribution in [0, 0.1) is 0 Å².